The van der Waals surface area contributed by atoms with E-state index >= 15 is 0 Å². The van der Waals surface area contributed by atoms with E-state index in [0.29, 0.717) is 0 Å². The molecular formula is C13H14F5NO2. The maximum atomic E-state index is 12.5. The van der Waals surface area contributed by atoms with Crippen molar-refractivity contribution < 1.29 is 31.5 Å². The van der Waals surface area contributed by atoms with E-state index in [1.807, 2.05) is 0 Å². The van der Waals surface area contributed by atoms with Gasteiger partial charge >= 0.3 is 18.1 Å². The van der Waals surface area contributed by atoms with E-state index < -0.39 is 37.6 Å². The number of ether oxygens (including phenoxy) is 1. The summed E-state index contributed by atoms with van der Waals surface area (Å²) in [5.41, 5.74) is 0.745. The van der Waals surface area contributed by atoms with Crippen molar-refractivity contribution in [3.63, 3.8) is 0 Å². The number of rotatable bonds is 7. The Morgan fingerprint density at radius 2 is 1.71 bits per heavy atom. The van der Waals surface area contributed by atoms with Crippen LogP contribution in [0.4, 0.5) is 22.0 Å². The topological polar surface area (TPSA) is 38.3 Å². The van der Waals surface area contributed by atoms with E-state index in [-0.39, 0.29) is 6.61 Å². The van der Waals surface area contributed by atoms with E-state index in [1.54, 1.807) is 30.3 Å². The predicted octanol–water partition coefficient (Wildman–Crippen LogP) is 2.91. The van der Waals surface area contributed by atoms with Crippen LogP contribution in [0, 0.1) is 0 Å². The van der Waals surface area contributed by atoms with Gasteiger partial charge in [-0.2, -0.15) is 22.0 Å². The highest BCUT2D eigenvalue weighted by Crippen LogP contribution is 2.37. The van der Waals surface area contributed by atoms with Crippen LogP contribution in [-0.2, 0) is 16.1 Å². The summed E-state index contributed by atoms with van der Waals surface area (Å²) in [7, 11) is 0. The normalized spacial score (nSPS) is 12.2. The van der Waals surface area contributed by atoms with Crippen LogP contribution in [0.2, 0.25) is 0 Å². The zero-order valence-corrected chi connectivity index (χ0v) is 10.9. The standard InChI is InChI=1S/C13H14F5NO2/c14-12(15,13(16,17)18)6-7-19-8-11(20)21-9-10-4-2-1-3-5-10/h1-5,19H,6-9H2. The molecule has 1 N–H and O–H groups in total. The number of benzene rings is 1. The van der Waals surface area contributed by atoms with Crippen LogP contribution in [0.25, 0.3) is 0 Å². The number of hydrogen-bond acceptors (Lipinski definition) is 3. The van der Waals surface area contributed by atoms with Gasteiger partial charge < -0.3 is 10.1 Å². The third kappa shape index (κ3) is 6.07. The lowest BCUT2D eigenvalue weighted by molar-refractivity contribution is -0.283. The summed E-state index contributed by atoms with van der Waals surface area (Å²) in [5, 5.41) is 2.20. The van der Waals surface area contributed by atoms with Crippen LogP contribution >= 0.6 is 0 Å². The number of alkyl halides is 5. The van der Waals surface area contributed by atoms with Crippen molar-refractivity contribution >= 4 is 5.97 Å². The fourth-order valence-corrected chi connectivity index (χ4v) is 1.37. The first-order chi connectivity index (χ1) is 9.72. The largest absolute Gasteiger partial charge is 0.460 e. The Morgan fingerprint density at radius 3 is 2.29 bits per heavy atom. The number of hydrogen-bond donors (Lipinski definition) is 1. The molecule has 1 aromatic rings. The number of nitrogens with one attached hydrogen (secondary N) is 1. The third-order valence-electron chi connectivity index (χ3n) is 2.54. The van der Waals surface area contributed by atoms with E-state index in [4.69, 9.17) is 4.74 Å². The van der Waals surface area contributed by atoms with Crippen molar-refractivity contribution in [1.82, 2.24) is 5.32 Å². The second kappa shape index (κ2) is 7.35. The van der Waals surface area contributed by atoms with Crippen LogP contribution in [0.15, 0.2) is 30.3 Å². The Bertz CT molecular complexity index is 448. The van der Waals surface area contributed by atoms with E-state index in [2.05, 4.69) is 5.32 Å². The zero-order valence-electron chi connectivity index (χ0n) is 10.9. The summed E-state index contributed by atoms with van der Waals surface area (Å²) in [5.74, 6) is -5.50. The first kappa shape index (κ1) is 17.4. The van der Waals surface area contributed by atoms with Crippen LogP contribution in [0.3, 0.4) is 0 Å². The molecule has 0 unspecified atom stereocenters. The van der Waals surface area contributed by atoms with Crippen LogP contribution in [0.5, 0.6) is 0 Å². The molecule has 0 aliphatic carbocycles. The lowest BCUT2D eigenvalue weighted by Crippen LogP contribution is -2.39. The fraction of sp³-hybridized carbons (Fsp3) is 0.462. The molecule has 3 nitrogen and oxygen atoms in total. The first-order valence-corrected chi connectivity index (χ1v) is 6.07. The summed E-state index contributed by atoms with van der Waals surface area (Å²) < 4.78 is 65.5. The smallest absolute Gasteiger partial charge is 0.453 e. The van der Waals surface area contributed by atoms with Crippen LogP contribution in [0.1, 0.15) is 12.0 Å². The van der Waals surface area contributed by atoms with Gasteiger partial charge in [0.05, 0.1) is 6.54 Å². The Labute approximate surface area is 118 Å². The summed E-state index contributed by atoms with van der Waals surface area (Å²) in [6.07, 6.45) is -7.01. The maximum Gasteiger partial charge on any atom is 0.453 e. The molecule has 0 saturated carbocycles. The quantitative estimate of drug-likeness (QED) is 0.478. The monoisotopic (exact) mass is 311 g/mol. The minimum atomic E-state index is -5.58. The lowest BCUT2D eigenvalue weighted by Gasteiger charge is -2.19. The summed E-state index contributed by atoms with van der Waals surface area (Å²) >= 11 is 0. The van der Waals surface area contributed by atoms with Crippen molar-refractivity contribution in [2.45, 2.75) is 25.1 Å². The summed E-state index contributed by atoms with van der Waals surface area (Å²) in [6.45, 7) is -1.06. The van der Waals surface area contributed by atoms with Gasteiger partial charge in [-0.1, -0.05) is 30.3 Å². The summed E-state index contributed by atoms with van der Waals surface area (Å²) in [4.78, 5) is 11.2. The minimum Gasteiger partial charge on any atom is -0.460 e. The van der Waals surface area contributed by atoms with Crippen LogP contribution in [-0.4, -0.2) is 31.2 Å². The molecule has 0 saturated heterocycles. The Morgan fingerprint density at radius 1 is 1.10 bits per heavy atom. The van der Waals surface area contributed by atoms with Gasteiger partial charge in [-0.05, 0) is 5.56 Å². The second-order valence-electron chi connectivity index (χ2n) is 4.28. The van der Waals surface area contributed by atoms with Crippen molar-refractivity contribution in [2.75, 3.05) is 13.1 Å². The fourth-order valence-electron chi connectivity index (χ4n) is 1.37. The second-order valence-corrected chi connectivity index (χ2v) is 4.28. The van der Waals surface area contributed by atoms with Gasteiger partial charge in [-0.15, -0.1) is 0 Å². The van der Waals surface area contributed by atoms with Gasteiger partial charge in [0.25, 0.3) is 0 Å². The number of carbonyl (C=O) groups is 1. The van der Waals surface area contributed by atoms with Gasteiger partial charge in [-0.3, -0.25) is 4.79 Å². The van der Waals surface area contributed by atoms with Crippen molar-refractivity contribution in [3.05, 3.63) is 35.9 Å². The van der Waals surface area contributed by atoms with Crippen molar-refractivity contribution in [1.29, 1.82) is 0 Å². The zero-order chi connectivity index (χ0) is 15.9. The molecule has 21 heavy (non-hydrogen) atoms. The van der Waals surface area contributed by atoms with Crippen molar-refractivity contribution in [3.8, 4) is 0 Å². The molecule has 0 aromatic heterocycles. The van der Waals surface area contributed by atoms with E-state index in [0.717, 1.165) is 5.56 Å². The van der Waals surface area contributed by atoms with Gasteiger partial charge in [0, 0.05) is 13.0 Å². The van der Waals surface area contributed by atoms with Crippen LogP contribution < -0.4 is 5.32 Å². The van der Waals surface area contributed by atoms with Gasteiger partial charge in [0.2, 0.25) is 0 Å². The van der Waals surface area contributed by atoms with Crippen molar-refractivity contribution in [2.24, 2.45) is 0 Å². The molecule has 0 aliphatic rings. The lowest BCUT2D eigenvalue weighted by atomic mass is 10.2. The van der Waals surface area contributed by atoms with E-state index in [9.17, 15) is 26.7 Å². The Hall–Kier alpha value is -1.70. The third-order valence-corrected chi connectivity index (χ3v) is 2.54. The first-order valence-electron chi connectivity index (χ1n) is 6.07. The molecule has 0 heterocycles. The maximum absolute atomic E-state index is 12.5. The highest BCUT2D eigenvalue weighted by atomic mass is 19.4. The average Bonchev–Trinajstić information content (AvgIpc) is 2.41. The molecule has 0 fully saturated rings. The van der Waals surface area contributed by atoms with E-state index in [1.165, 1.54) is 0 Å². The molecule has 0 spiro atoms. The molecule has 0 bridgehead atoms. The Balaban J connectivity index is 2.20. The van der Waals surface area contributed by atoms with Gasteiger partial charge in [0.15, 0.2) is 0 Å². The average molecular weight is 311 g/mol. The molecule has 0 aliphatic heterocycles. The molecule has 118 valence electrons. The molecule has 1 aromatic carbocycles. The minimum absolute atomic E-state index is 0.0140. The predicted molar refractivity (Wildman–Crippen MR) is 64.7 cm³/mol. The van der Waals surface area contributed by atoms with Gasteiger partial charge in [0.1, 0.15) is 6.61 Å². The Kier molecular flexibility index (Phi) is 6.07. The molecule has 0 amide bonds. The molecular weight excluding hydrogens is 297 g/mol. The highest BCUT2D eigenvalue weighted by Gasteiger charge is 2.56. The summed E-state index contributed by atoms with van der Waals surface area (Å²) in [6, 6.07) is 8.74. The SMILES string of the molecule is O=C(CNCCC(F)(F)C(F)(F)F)OCc1ccccc1. The number of carbonyl (C=O) groups excluding carboxylic acids is 1. The highest BCUT2D eigenvalue weighted by molar-refractivity contribution is 5.71. The molecule has 8 heteroatoms. The molecule has 1 rings (SSSR count). The van der Waals surface area contributed by atoms with Gasteiger partial charge in [-0.25, -0.2) is 0 Å². The molecule has 0 radical (unpaired) electrons. The number of halogens is 5. The number of esters is 1. The molecule has 0 atom stereocenters.